The molecule has 0 radical (unpaired) electrons. The zero-order chi connectivity index (χ0) is 22.7. The Morgan fingerprint density at radius 1 is 0.812 bits per heavy atom. The van der Waals surface area contributed by atoms with Gasteiger partial charge in [-0.25, -0.2) is 9.79 Å². The van der Waals surface area contributed by atoms with Gasteiger partial charge in [0.05, 0.1) is 17.3 Å². The van der Waals surface area contributed by atoms with Crippen LogP contribution in [0.2, 0.25) is 0 Å². The van der Waals surface area contributed by atoms with Crippen LogP contribution >= 0.6 is 0 Å². The molecule has 1 unspecified atom stereocenters. The first-order valence-corrected chi connectivity index (χ1v) is 11.1. The van der Waals surface area contributed by atoms with Gasteiger partial charge in [0.1, 0.15) is 0 Å². The Hall–Kier alpha value is -3.72. The first kappa shape index (κ1) is 21.5. The highest BCUT2D eigenvalue weighted by atomic mass is 32.2. The molecule has 4 rings (SSSR count). The van der Waals surface area contributed by atoms with Crippen molar-refractivity contribution >= 4 is 38.4 Å². The lowest BCUT2D eigenvalue weighted by molar-refractivity contribution is -0.129. The van der Waals surface area contributed by atoms with Crippen LogP contribution in [-0.2, 0) is 15.1 Å². The predicted molar refractivity (Wildman–Crippen MR) is 122 cm³/mol. The minimum absolute atomic E-state index is 0.146. The molecule has 0 bridgehead atoms. The highest BCUT2D eigenvalue weighted by molar-refractivity contribution is 7.87. The van der Waals surface area contributed by atoms with Crippen LogP contribution in [0, 0.1) is 0 Å². The van der Waals surface area contributed by atoms with Gasteiger partial charge in [0, 0.05) is 5.39 Å². The number of fused-ring (bicyclic) bond motifs is 1. The van der Waals surface area contributed by atoms with Gasteiger partial charge in [0.2, 0.25) is 0 Å². The van der Waals surface area contributed by atoms with Crippen molar-refractivity contribution < 1.29 is 23.0 Å². The Morgan fingerprint density at radius 2 is 1.44 bits per heavy atom. The largest absolute Gasteiger partial charge is 0.364 e. The highest BCUT2D eigenvalue weighted by Gasteiger charge is 2.27. The predicted octanol–water partition coefficient (Wildman–Crippen LogP) is 4.42. The number of anilines is 2. The molecular formula is C24H20N2O5S. The Morgan fingerprint density at radius 3 is 2.16 bits per heavy atom. The number of hydrogen-bond donors (Lipinski definition) is 3. The molecule has 0 saturated carbocycles. The van der Waals surface area contributed by atoms with Gasteiger partial charge in [-0.15, -0.1) is 0 Å². The Labute approximate surface area is 185 Å². The van der Waals surface area contributed by atoms with Crippen molar-refractivity contribution in [2.45, 2.75) is 5.92 Å². The van der Waals surface area contributed by atoms with Gasteiger partial charge in [0.15, 0.2) is 0 Å². The fourth-order valence-electron chi connectivity index (χ4n) is 3.82. The van der Waals surface area contributed by atoms with Crippen LogP contribution in [0.15, 0.2) is 97.1 Å². The summed E-state index contributed by atoms with van der Waals surface area (Å²) in [5.74, 6) is -1.56. The van der Waals surface area contributed by atoms with E-state index in [9.17, 15) is 23.0 Å². The zero-order valence-electron chi connectivity index (χ0n) is 16.8. The first-order valence-electron chi connectivity index (χ1n) is 9.74. The van der Waals surface area contributed by atoms with Gasteiger partial charge in [-0.3, -0.25) is 14.6 Å². The monoisotopic (exact) mass is 448 g/mol. The molecule has 0 aliphatic rings. The summed E-state index contributed by atoms with van der Waals surface area (Å²) in [5.41, 5.74) is 3.14. The maximum Gasteiger partial charge on any atom is 0.364 e. The average Bonchev–Trinajstić information content (AvgIpc) is 2.79. The minimum atomic E-state index is -4.71. The van der Waals surface area contributed by atoms with Crippen LogP contribution in [0.25, 0.3) is 10.8 Å². The molecule has 0 heterocycles. The van der Waals surface area contributed by atoms with Gasteiger partial charge in [-0.2, -0.15) is 8.42 Å². The molecule has 32 heavy (non-hydrogen) atoms. The first-order chi connectivity index (χ1) is 15.4. The molecule has 162 valence electrons. The third kappa shape index (κ3) is 4.19. The van der Waals surface area contributed by atoms with Crippen LogP contribution < -0.4 is 9.79 Å². The second kappa shape index (κ2) is 8.80. The number of carbonyl (C=O) groups excluding carboxylic acids is 1. The van der Waals surface area contributed by atoms with E-state index < -0.39 is 22.1 Å². The zero-order valence-corrected chi connectivity index (χ0v) is 17.6. The molecule has 7 nitrogen and oxygen atoms in total. The molecule has 3 N–H and O–H groups in total. The Kier molecular flexibility index (Phi) is 5.91. The lowest BCUT2D eigenvalue weighted by atomic mass is 9.90. The number of amides is 1. The molecule has 8 heteroatoms. The lowest BCUT2D eigenvalue weighted by Crippen LogP contribution is -2.28. The third-order valence-corrected chi connectivity index (χ3v) is 6.03. The highest BCUT2D eigenvalue weighted by Crippen LogP contribution is 2.36. The number of rotatable bonds is 6. The van der Waals surface area contributed by atoms with Gasteiger partial charge in [-0.05, 0) is 34.7 Å². The van der Waals surface area contributed by atoms with Crippen LogP contribution in [0.5, 0.6) is 0 Å². The topological polar surface area (TPSA) is 107 Å². The summed E-state index contributed by atoms with van der Waals surface area (Å²) in [5, 5.41) is 10.7. The van der Waals surface area contributed by atoms with Crippen molar-refractivity contribution in [2.75, 3.05) is 4.31 Å². The summed E-state index contributed by atoms with van der Waals surface area (Å²) in [7, 11) is -4.71. The molecule has 4 aromatic carbocycles. The SMILES string of the molecule is O=C(NO)C(c1ccccc1)c1cccc(N(c2cccc3ccccc23)S(=O)(=O)O)c1. The number of nitrogens with one attached hydrogen (secondary N) is 1. The molecular weight excluding hydrogens is 428 g/mol. The molecule has 0 aliphatic carbocycles. The van der Waals surface area contributed by atoms with E-state index in [-0.39, 0.29) is 11.4 Å². The summed E-state index contributed by atoms with van der Waals surface area (Å²) in [4.78, 5) is 12.5. The standard InChI is InChI=1S/C24H20N2O5S/c27-24(25-28)23(18-9-2-1-3-10-18)19-12-6-13-20(16-19)26(32(29,30)31)22-15-7-11-17-8-4-5-14-21(17)22/h1-16,23,28H,(H,25,27)(H,29,30,31). The molecule has 1 atom stereocenters. The average molecular weight is 449 g/mol. The summed E-state index contributed by atoms with van der Waals surface area (Å²) in [6, 6.07) is 27.4. The molecule has 4 aromatic rings. The van der Waals surface area contributed by atoms with Crippen LogP contribution in [0.4, 0.5) is 11.4 Å². The quantitative estimate of drug-likeness (QED) is 0.230. The van der Waals surface area contributed by atoms with Crippen molar-refractivity contribution in [1.82, 2.24) is 5.48 Å². The van der Waals surface area contributed by atoms with E-state index in [4.69, 9.17) is 0 Å². The normalized spacial score (nSPS) is 12.3. The van der Waals surface area contributed by atoms with E-state index >= 15 is 0 Å². The number of hydroxylamine groups is 1. The number of benzene rings is 4. The molecule has 0 aromatic heterocycles. The van der Waals surface area contributed by atoms with Crippen LogP contribution in [0.1, 0.15) is 17.0 Å². The van der Waals surface area contributed by atoms with Crippen molar-refractivity contribution in [1.29, 1.82) is 0 Å². The maximum atomic E-state index is 12.5. The second-order valence-electron chi connectivity index (χ2n) is 7.16. The van der Waals surface area contributed by atoms with Crippen molar-refractivity contribution in [3.63, 3.8) is 0 Å². The van der Waals surface area contributed by atoms with E-state index in [1.807, 2.05) is 18.2 Å². The summed E-state index contributed by atoms with van der Waals surface area (Å²) in [6.07, 6.45) is 0. The van der Waals surface area contributed by atoms with Crippen molar-refractivity contribution in [3.8, 4) is 0 Å². The van der Waals surface area contributed by atoms with E-state index in [1.54, 1.807) is 72.2 Å². The van der Waals surface area contributed by atoms with E-state index in [0.717, 1.165) is 9.69 Å². The minimum Gasteiger partial charge on any atom is -0.289 e. The fourth-order valence-corrected chi connectivity index (χ4v) is 4.61. The van der Waals surface area contributed by atoms with Crippen LogP contribution in [-0.4, -0.2) is 24.1 Å². The smallest absolute Gasteiger partial charge is 0.289 e. The molecule has 0 aliphatic heterocycles. The third-order valence-electron chi connectivity index (χ3n) is 5.16. The van der Waals surface area contributed by atoms with Crippen molar-refractivity contribution in [2.24, 2.45) is 0 Å². The van der Waals surface area contributed by atoms with E-state index in [2.05, 4.69) is 0 Å². The summed E-state index contributed by atoms with van der Waals surface area (Å²) in [6.45, 7) is 0. The van der Waals surface area contributed by atoms with E-state index in [1.165, 1.54) is 12.1 Å². The maximum absolute atomic E-state index is 12.5. The summed E-state index contributed by atoms with van der Waals surface area (Å²) >= 11 is 0. The van der Waals surface area contributed by atoms with E-state index in [0.29, 0.717) is 16.5 Å². The number of nitrogens with zero attached hydrogens (tertiary/aromatic N) is 1. The number of hydrogen-bond acceptors (Lipinski definition) is 4. The van der Waals surface area contributed by atoms with Gasteiger partial charge in [0.25, 0.3) is 5.91 Å². The Bertz CT molecular complexity index is 1370. The van der Waals surface area contributed by atoms with Crippen LogP contribution in [0.3, 0.4) is 0 Å². The van der Waals surface area contributed by atoms with Gasteiger partial charge < -0.3 is 0 Å². The molecule has 0 saturated heterocycles. The van der Waals surface area contributed by atoms with Gasteiger partial charge >= 0.3 is 10.3 Å². The summed E-state index contributed by atoms with van der Waals surface area (Å²) < 4.78 is 35.9. The van der Waals surface area contributed by atoms with Crippen molar-refractivity contribution in [3.05, 3.63) is 108 Å². The Balaban J connectivity index is 1.90. The van der Waals surface area contributed by atoms with Gasteiger partial charge in [-0.1, -0.05) is 78.9 Å². The molecule has 0 spiro atoms. The number of carbonyl (C=O) groups is 1. The second-order valence-corrected chi connectivity index (χ2v) is 8.42. The fraction of sp³-hybridized carbons (Fsp3) is 0.0417. The molecule has 1 amide bonds. The molecule has 0 fully saturated rings. The lowest BCUT2D eigenvalue weighted by Gasteiger charge is -2.24.